The van der Waals surface area contributed by atoms with E-state index in [1.807, 2.05) is 13.1 Å². The smallest absolute Gasteiger partial charge is 0.406 e. The molecule has 2 heterocycles. The summed E-state index contributed by atoms with van der Waals surface area (Å²) in [7, 11) is 1.75. The summed E-state index contributed by atoms with van der Waals surface area (Å²) in [5.74, 6) is -0.762. The Labute approximate surface area is 168 Å². The first kappa shape index (κ1) is 19.8. The fraction of sp³-hybridized carbons (Fsp3) is 0.136. The molecule has 0 N–H and O–H groups in total. The number of hydrogen-bond donors (Lipinski definition) is 0. The van der Waals surface area contributed by atoms with Gasteiger partial charge in [-0.2, -0.15) is 0 Å². The van der Waals surface area contributed by atoms with Crippen molar-refractivity contribution in [2.75, 3.05) is 0 Å². The molecular formula is C22H16F4N2O2. The van der Waals surface area contributed by atoms with Gasteiger partial charge in [0.2, 0.25) is 0 Å². The van der Waals surface area contributed by atoms with Crippen molar-refractivity contribution in [3.63, 3.8) is 0 Å². The third kappa shape index (κ3) is 3.56. The number of hydrogen-bond acceptors (Lipinski definition) is 2. The molecule has 0 bridgehead atoms. The van der Waals surface area contributed by atoms with Crippen LogP contribution in [0.25, 0.3) is 27.7 Å². The molecule has 4 aromatic rings. The summed E-state index contributed by atoms with van der Waals surface area (Å²) in [4.78, 5) is 13.2. The van der Waals surface area contributed by atoms with Gasteiger partial charge in [0.1, 0.15) is 17.1 Å². The van der Waals surface area contributed by atoms with E-state index >= 15 is 0 Å². The van der Waals surface area contributed by atoms with Crippen LogP contribution in [0.2, 0.25) is 0 Å². The van der Waals surface area contributed by atoms with Gasteiger partial charge in [-0.3, -0.25) is 9.36 Å². The first-order valence-corrected chi connectivity index (χ1v) is 8.97. The van der Waals surface area contributed by atoms with Crippen LogP contribution < -0.4 is 10.3 Å². The lowest BCUT2D eigenvalue weighted by Gasteiger charge is -2.13. The molecule has 0 amide bonds. The van der Waals surface area contributed by atoms with E-state index < -0.39 is 6.36 Å². The third-order valence-electron chi connectivity index (χ3n) is 4.82. The number of alkyl halides is 3. The molecule has 0 unspecified atom stereocenters. The zero-order valence-corrected chi connectivity index (χ0v) is 16.0. The van der Waals surface area contributed by atoms with E-state index in [1.54, 1.807) is 29.9 Å². The van der Waals surface area contributed by atoms with Crippen LogP contribution >= 0.6 is 0 Å². The summed E-state index contributed by atoms with van der Waals surface area (Å²) in [5.41, 5.74) is 2.78. The minimum atomic E-state index is -4.80. The second-order valence-corrected chi connectivity index (χ2v) is 6.91. The number of ether oxygens (including phenoxy) is 1. The van der Waals surface area contributed by atoms with Crippen LogP contribution in [0, 0.1) is 12.7 Å². The molecule has 0 aliphatic heterocycles. The fourth-order valence-electron chi connectivity index (χ4n) is 3.60. The minimum absolute atomic E-state index is 0.323. The Bertz CT molecular complexity index is 1280. The van der Waals surface area contributed by atoms with Gasteiger partial charge in [-0.15, -0.1) is 13.2 Å². The van der Waals surface area contributed by atoms with E-state index in [-0.39, 0.29) is 17.1 Å². The Morgan fingerprint density at radius 2 is 1.57 bits per heavy atom. The quantitative estimate of drug-likeness (QED) is 0.423. The molecule has 30 heavy (non-hydrogen) atoms. The zero-order valence-electron chi connectivity index (χ0n) is 16.0. The van der Waals surface area contributed by atoms with Crippen LogP contribution in [-0.4, -0.2) is 15.5 Å². The van der Waals surface area contributed by atoms with Crippen molar-refractivity contribution < 1.29 is 22.3 Å². The van der Waals surface area contributed by atoms with Gasteiger partial charge in [-0.05, 0) is 54.4 Å². The second kappa shape index (κ2) is 7.05. The van der Waals surface area contributed by atoms with Crippen LogP contribution in [-0.2, 0) is 7.05 Å². The number of aromatic nitrogens is 2. The van der Waals surface area contributed by atoms with Gasteiger partial charge < -0.3 is 9.30 Å². The molecule has 8 heteroatoms. The van der Waals surface area contributed by atoms with Gasteiger partial charge in [0.25, 0.3) is 5.56 Å². The van der Waals surface area contributed by atoms with Crippen molar-refractivity contribution in [1.29, 1.82) is 0 Å². The Morgan fingerprint density at radius 1 is 0.933 bits per heavy atom. The summed E-state index contributed by atoms with van der Waals surface area (Å²) in [6, 6.07) is 10.9. The molecule has 0 spiro atoms. The molecule has 0 aliphatic rings. The van der Waals surface area contributed by atoms with Crippen molar-refractivity contribution >= 4 is 10.9 Å². The van der Waals surface area contributed by atoms with Gasteiger partial charge in [-0.1, -0.05) is 12.1 Å². The monoisotopic (exact) mass is 416 g/mol. The normalized spacial score (nSPS) is 11.8. The lowest BCUT2D eigenvalue weighted by atomic mass is 10.0. The Kier molecular flexibility index (Phi) is 4.64. The van der Waals surface area contributed by atoms with Gasteiger partial charge in [-0.25, -0.2) is 4.39 Å². The first-order valence-electron chi connectivity index (χ1n) is 8.97. The fourth-order valence-corrected chi connectivity index (χ4v) is 3.60. The van der Waals surface area contributed by atoms with Crippen LogP contribution in [0.4, 0.5) is 17.6 Å². The van der Waals surface area contributed by atoms with Gasteiger partial charge >= 0.3 is 6.36 Å². The van der Waals surface area contributed by atoms with Crippen LogP contribution in [0.3, 0.4) is 0 Å². The highest BCUT2D eigenvalue weighted by Gasteiger charge is 2.31. The number of pyridine rings is 1. The Balaban J connectivity index is 1.93. The molecule has 154 valence electrons. The van der Waals surface area contributed by atoms with Crippen molar-refractivity contribution in [2.45, 2.75) is 13.3 Å². The molecule has 0 aliphatic carbocycles. The van der Waals surface area contributed by atoms with Crippen LogP contribution in [0.5, 0.6) is 5.75 Å². The SMILES string of the molecule is Cc1cn(C)c2c(=O)n(-c3ccc(OC(F)(F)F)cc3)cc(-c3ccc(F)cc3)c12. The largest absolute Gasteiger partial charge is 0.573 e. The molecular weight excluding hydrogens is 400 g/mol. The number of nitrogens with zero attached hydrogens (tertiary/aromatic N) is 2. The van der Waals surface area contributed by atoms with Gasteiger partial charge in [0.15, 0.2) is 0 Å². The molecule has 0 radical (unpaired) electrons. The van der Waals surface area contributed by atoms with Crippen molar-refractivity contribution in [3.05, 3.63) is 82.7 Å². The maximum atomic E-state index is 13.4. The topological polar surface area (TPSA) is 36.2 Å². The minimum Gasteiger partial charge on any atom is -0.406 e. The van der Waals surface area contributed by atoms with E-state index in [0.29, 0.717) is 22.3 Å². The Morgan fingerprint density at radius 3 is 2.17 bits per heavy atom. The summed E-state index contributed by atoms with van der Waals surface area (Å²) >= 11 is 0. The average Bonchev–Trinajstić information content (AvgIpc) is 2.97. The van der Waals surface area contributed by atoms with Gasteiger partial charge in [0.05, 0.1) is 0 Å². The lowest BCUT2D eigenvalue weighted by molar-refractivity contribution is -0.274. The second-order valence-electron chi connectivity index (χ2n) is 6.91. The highest BCUT2D eigenvalue weighted by atomic mass is 19.4. The highest BCUT2D eigenvalue weighted by molar-refractivity contribution is 5.97. The number of rotatable bonds is 3. The molecule has 0 fully saturated rings. The highest BCUT2D eigenvalue weighted by Crippen LogP contribution is 2.31. The third-order valence-corrected chi connectivity index (χ3v) is 4.82. The average molecular weight is 416 g/mol. The molecule has 4 rings (SSSR count). The van der Waals surface area contributed by atoms with Crippen LogP contribution in [0.1, 0.15) is 5.56 Å². The first-order chi connectivity index (χ1) is 14.1. The number of benzene rings is 2. The number of halogens is 4. The van der Waals surface area contributed by atoms with Crippen molar-refractivity contribution in [1.82, 2.24) is 9.13 Å². The summed E-state index contributed by atoms with van der Waals surface area (Å²) in [5, 5.41) is 0.738. The summed E-state index contributed by atoms with van der Waals surface area (Å²) in [6.45, 7) is 1.88. The van der Waals surface area contributed by atoms with E-state index in [9.17, 15) is 22.4 Å². The van der Waals surface area contributed by atoms with E-state index in [2.05, 4.69) is 4.74 Å². The zero-order chi connectivity index (χ0) is 21.6. The molecule has 0 atom stereocenters. The Hall–Kier alpha value is -3.55. The molecule has 4 nitrogen and oxygen atoms in total. The standard InChI is InChI=1S/C22H16F4N2O2/c1-13-11-27(2)20-19(13)18(14-3-5-15(23)6-4-14)12-28(21(20)29)16-7-9-17(10-8-16)30-22(24,25)26/h3-12H,1-2H3. The van der Waals surface area contributed by atoms with E-state index in [0.717, 1.165) is 23.1 Å². The van der Waals surface area contributed by atoms with Crippen LogP contribution in [0.15, 0.2) is 65.7 Å². The predicted octanol–water partition coefficient (Wildman–Crippen LogP) is 5.34. The summed E-state index contributed by atoms with van der Waals surface area (Å²) < 4.78 is 57.6. The van der Waals surface area contributed by atoms with Crippen molar-refractivity contribution in [2.24, 2.45) is 7.05 Å². The lowest BCUT2D eigenvalue weighted by Crippen LogP contribution is -2.20. The van der Waals surface area contributed by atoms with Crippen molar-refractivity contribution in [3.8, 4) is 22.6 Å². The predicted molar refractivity (Wildman–Crippen MR) is 105 cm³/mol. The maximum absolute atomic E-state index is 13.4. The van der Waals surface area contributed by atoms with E-state index in [4.69, 9.17) is 0 Å². The maximum Gasteiger partial charge on any atom is 0.573 e. The molecule has 2 aromatic heterocycles. The molecule has 0 saturated carbocycles. The summed E-state index contributed by atoms with van der Waals surface area (Å²) in [6.07, 6.45) is -1.36. The molecule has 0 saturated heterocycles. The van der Waals surface area contributed by atoms with E-state index in [1.165, 1.54) is 28.8 Å². The molecule has 2 aromatic carbocycles. The van der Waals surface area contributed by atoms with Gasteiger partial charge in [0, 0.05) is 36.1 Å². The number of fused-ring (bicyclic) bond motifs is 1. The number of aryl methyl sites for hydroxylation is 2.